The molecule has 6 aliphatic heterocycles. The number of carbonyl (C=O) groups excluding carboxylic acids is 10. The standard InChI is InChI=1S/C104H160N2O27/c1-60-31-23-21-24-32-61(2)84(123-15)55-76-41-37-71(12)103(120,132-76)98(115)100(117)106-46-30-28-36-79(106)102(119)131-87(58-82(109)63(4)48-68(9)92(111)95(127-19)91(110)67(8)47-60)66(7)51-74-40-44-83(89(54-74)126-18)129-90(59-122-14)75-34-26-22-25-33-62(3)85(124-16)56-77-42-38-72(13)104(121,133-77)97(114)99(116)105-45-29-27-35-78(105)101(118)130-86(65(6)50-73-39-43-80(107)88(53-73)125-17)57-81(108)64(5)49-69(10)93(112)96(128-20)94(113)70(11)52-75/h21-26,31-34,48-49,60,63-67,70-80,83-90,92-93,95-96,107,111-112,120-121H,27-30,35-47,50-59H2,1-20H3/b24-21+,25-22+,31-23+,34-26+,61-32+,62-33+,68-48+,69-49+/t60-,63-,64-,65-,66-,67-,70-,71-,72-,73+,74+,75-,76+,77+,78+,79+,80-,83-,84+,85+,86+,87+,88-,89-,90?,92-,93-,95+,96-,103-,104-/m1/s1. The molecule has 2 saturated carbocycles. The molecule has 1 unspecified atom stereocenters. The van der Waals surface area contributed by atoms with Crippen LogP contribution < -0.4 is 0 Å². The van der Waals surface area contributed by atoms with E-state index in [4.69, 9.17) is 56.8 Å². The number of amides is 2. The van der Waals surface area contributed by atoms with Crippen molar-refractivity contribution >= 4 is 58.5 Å². The van der Waals surface area contributed by atoms with Gasteiger partial charge in [0.15, 0.2) is 11.6 Å². The van der Waals surface area contributed by atoms with E-state index in [1.165, 1.54) is 26.2 Å². The smallest absolute Gasteiger partial charge is 0.329 e. The van der Waals surface area contributed by atoms with Crippen LogP contribution in [0.5, 0.6) is 0 Å². The van der Waals surface area contributed by atoms with Crippen LogP contribution in [0.15, 0.2) is 95.2 Å². The number of esters is 2. The van der Waals surface area contributed by atoms with Gasteiger partial charge in [0.05, 0.1) is 61.5 Å². The SMILES string of the molecule is COCC(O[C@@H]1CC[C@@H](C[C@@H](C)[C@@H]2CC(=O)[C@H](C)/C=C(\C)[C@@H](O)[C@@H](OC)C(=O)[C@H](C)C[C@H](C)/C=C/C=C/C=C(\C)[C@@H](OC)C[C@@H]3CC[C@@H](C)[C@@](O)(O3)C(=O)C(=O)N3CCCC[C@H]3C(=O)O2)C[C@H]1OC)[C@@H]1/C=C/C=C/C=C(\C)[C@@H](OC)C[C@@H]2CC[C@@H](C)[C@@](O)(O2)C(=O)C(=O)N2CCCC[C@H]2C(=O)O[C@H]([C@H](C)C[C@@H]2CC[C@@H](O)[C@H](OC)C2)CC(=O)[C@H](C)/C=C(\C)[C@@H](O)[C@@H](OC)C(=O)[C@H](C)C1. The molecule has 2 amide bonds. The topological polar surface area (TPSA) is 389 Å². The number of Topliss-reactive ketones (excluding diaryl/α,β-unsaturated/α-hetero) is 6. The lowest BCUT2D eigenvalue weighted by Crippen LogP contribution is -2.61. The van der Waals surface area contributed by atoms with Gasteiger partial charge < -0.3 is 92.2 Å². The number of nitrogens with zero attached hydrogens (tertiary/aromatic N) is 2. The van der Waals surface area contributed by atoms with Gasteiger partial charge in [0.1, 0.15) is 60.3 Å². The van der Waals surface area contributed by atoms with Crippen LogP contribution in [0.4, 0.5) is 0 Å². The fraction of sp³-hybridized carbons (Fsp3) is 0.750. The first-order chi connectivity index (χ1) is 63.1. The van der Waals surface area contributed by atoms with Crippen molar-refractivity contribution in [3.8, 4) is 0 Å². The van der Waals surface area contributed by atoms with Gasteiger partial charge in [-0.05, 0) is 208 Å². The summed E-state index contributed by atoms with van der Waals surface area (Å²) in [7, 11) is 10.5. The molecule has 2 aliphatic carbocycles. The van der Waals surface area contributed by atoms with Crippen molar-refractivity contribution in [2.45, 2.75) is 359 Å². The fourth-order valence-corrected chi connectivity index (χ4v) is 21.1. The van der Waals surface area contributed by atoms with Crippen LogP contribution in [0.2, 0.25) is 0 Å². The Hall–Kier alpha value is -6.78. The van der Waals surface area contributed by atoms with Crippen molar-refractivity contribution in [2.75, 3.05) is 69.5 Å². The Bertz CT molecular complexity index is 4130. The maximum atomic E-state index is 15.2. The average molecular weight is 1870 g/mol. The minimum atomic E-state index is -2.55. The maximum Gasteiger partial charge on any atom is 0.329 e. The first-order valence-corrected chi connectivity index (χ1v) is 48.9. The third-order valence-corrected chi connectivity index (χ3v) is 29.9. The number of hydrogen-bond donors (Lipinski definition) is 5. The van der Waals surface area contributed by atoms with Gasteiger partial charge >= 0.3 is 11.9 Å². The molecule has 29 heteroatoms. The van der Waals surface area contributed by atoms with Gasteiger partial charge in [0, 0.05) is 130 Å². The molecule has 0 radical (unpaired) electrons. The maximum absolute atomic E-state index is 15.2. The molecule has 8 aliphatic rings. The molecular formula is C104H160N2O27. The summed E-state index contributed by atoms with van der Waals surface area (Å²) in [5.74, 6) is -19.2. The van der Waals surface area contributed by atoms with Crippen LogP contribution in [0.25, 0.3) is 0 Å². The monoisotopic (exact) mass is 1870 g/mol. The molecule has 4 saturated heterocycles. The van der Waals surface area contributed by atoms with Gasteiger partial charge in [-0.2, -0.15) is 0 Å². The van der Waals surface area contributed by atoms with E-state index >= 15 is 9.59 Å². The van der Waals surface area contributed by atoms with Crippen molar-refractivity contribution in [3.05, 3.63) is 95.2 Å². The van der Waals surface area contributed by atoms with E-state index in [0.29, 0.717) is 115 Å². The van der Waals surface area contributed by atoms with Crippen molar-refractivity contribution in [1.82, 2.24) is 9.80 Å². The minimum Gasteiger partial charge on any atom is -0.460 e. The summed E-state index contributed by atoms with van der Waals surface area (Å²) in [6.45, 7) is 23.0. The second-order valence-electron chi connectivity index (χ2n) is 40.0. The first kappa shape index (κ1) is 112. The normalized spacial score (nSPS) is 40.2. The van der Waals surface area contributed by atoms with Gasteiger partial charge in [-0.15, -0.1) is 0 Å². The van der Waals surface area contributed by atoms with Crippen molar-refractivity contribution in [1.29, 1.82) is 0 Å². The zero-order chi connectivity index (χ0) is 98.0. The van der Waals surface area contributed by atoms with Crippen LogP contribution in [-0.4, -0.2) is 278 Å². The summed E-state index contributed by atoms with van der Waals surface area (Å²) in [6.07, 6.45) is 17.0. The van der Waals surface area contributed by atoms with Gasteiger partial charge in [0.25, 0.3) is 23.4 Å². The molecule has 0 aromatic rings. The lowest BCUT2D eigenvalue weighted by molar-refractivity contribution is -0.265. The number of methoxy groups -OCH3 is 7. The number of ether oxygens (including phenoxy) is 12. The zero-order valence-electron chi connectivity index (χ0n) is 82.9. The zero-order valence-corrected chi connectivity index (χ0v) is 82.9. The Kier molecular flexibility index (Phi) is 44.3. The van der Waals surface area contributed by atoms with Crippen LogP contribution in [0.3, 0.4) is 0 Å². The van der Waals surface area contributed by atoms with E-state index in [1.807, 2.05) is 95.4 Å². The highest BCUT2D eigenvalue weighted by atomic mass is 16.6. The molecule has 8 rings (SSSR count). The second-order valence-corrected chi connectivity index (χ2v) is 40.0. The molecule has 0 aromatic heterocycles. The van der Waals surface area contributed by atoms with Crippen LogP contribution in [0.1, 0.15) is 244 Å². The Balaban J connectivity index is 1.08. The highest BCUT2D eigenvalue weighted by Gasteiger charge is 2.56. The molecule has 4 bridgehead atoms. The number of rotatable bonds is 17. The largest absolute Gasteiger partial charge is 0.460 e. The number of piperidine rings is 2. The quantitative estimate of drug-likeness (QED) is 0.0513. The lowest BCUT2D eigenvalue weighted by Gasteiger charge is -2.42. The Labute approximate surface area is 789 Å². The van der Waals surface area contributed by atoms with Gasteiger partial charge in [-0.25, -0.2) is 9.59 Å². The molecule has 0 spiro atoms. The fourth-order valence-electron chi connectivity index (χ4n) is 21.1. The molecule has 133 heavy (non-hydrogen) atoms. The van der Waals surface area contributed by atoms with Crippen LogP contribution in [-0.2, 0) is 105 Å². The Morgan fingerprint density at radius 1 is 0.451 bits per heavy atom. The van der Waals surface area contributed by atoms with Crippen molar-refractivity contribution in [2.24, 2.45) is 71.0 Å². The average Bonchev–Trinajstić information content (AvgIpc) is 0.773. The molecule has 6 fully saturated rings. The molecule has 31 atom stereocenters. The number of aliphatic hydroxyl groups excluding tert-OH is 3. The van der Waals surface area contributed by atoms with E-state index in [0.717, 1.165) is 16.0 Å². The van der Waals surface area contributed by atoms with E-state index < -0.39 is 210 Å². The molecule has 748 valence electrons. The highest BCUT2D eigenvalue weighted by molar-refractivity contribution is 6.39. The van der Waals surface area contributed by atoms with E-state index in [-0.39, 0.29) is 105 Å². The number of hydrogen-bond acceptors (Lipinski definition) is 27. The first-order valence-electron chi connectivity index (χ1n) is 48.9. The number of ketones is 6. The number of carbonyl (C=O) groups is 10. The third kappa shape index (κ3) is 29.9. The lowest BCUT2D eigenvalue weighted by atomic mass is 9.78. The van der Waals surface area contributed by atoms with Crippen LogP contribution >= 0.6 is 0 Å². The Morgan fingerprint density at radius 3 is 1.31 bits per heavy atom. The molecule has 6 heterocycles. The number of allylic oxidation sites excluding steroid dienone is 11. The predicted octanol–water partition coefficient (Wildman–Crippen LogP) is 12.4. The second kappa shape index (κ2) is 52.8. The van der Waals surface area contributed by atoms with Crippen LogP contribution in [0, 0.1) is 71.0 Å². The number of aliphatic hydroxyl groups is 5. The molecule has 5 N–H and O–H groups in total. The molecular weight excluding hydrogens is 1710 g/mol. The van der Waals surface area contributed by atoms with E-state index in [1.54, 1.807) is 96.0 Å². The van der Waals surface area contributed by atoms with E-state index in [9.17, 15) is 63.9 Å². The number of cyclic esters (lactones) is 2. The summed E-state index contributed by atoms with van der Waals surface area (Å²) < 4.78 is 74.3. The molecule has 29 nitrogen and oxygen atoms in total. The van der Waals surface area contributed by atoms with Crippen molar-refractivity contribution in [3.63, 3.8) is 0 Å². The molecule has 0 aromatic carbocycles. The summed E-state index contributed by atoms with van der Waals surface area (Å²) in [6, 6.07) is -2.50. The third-order valence-electron chi connectivity index (χ3n) is 29.9. The predicted molar refractivity (Wildman–Crippen MR) is 499 cm³/mol. The number of fused-ring (bicyclic) bond motifs is 6. The minimum absolute atomic E-state index is 0.00216. The van der Waals surface area contributed by atoms with E-state index in [2.05, 4.69) is 0 Å². The van der Waals surface area contributed by atoms with Crippen molar-refractivity contribution < 1.29 is 130 Å². The summed E-state index contributed by atoms with van der Waals surface area (Å²) in [4.78, 5) is 150. The summed E-state index contributed by atoms with van der Waals surface area (Å²) >= 11 is 0. The summed E-state index contributed by atoms with van der Waals surface area (Å²) in [5.41, 5.74) is 2.18. The van der Waals surface area contributed by atoms with Gasteiger partial charge in [-0.1, -0.05) is 135 Å². The highest BCUT2D eigenvalue weighted by Crippen LogP contribution is 2.43. The van der Waals surface area contributed by atoms with Gasteiger partial charge in [0.2, 0.25) is 11.6 Å². The Morgan fingerprint density at radius 2 is 0.880 bits per heavy atom. The van der Waals surface area contributed by atoms with Gasteiger partial charge in [-0.3, -0.25) is 38.4 Å². The summed E-state index contributed by atoms with van der Waals surface area (Å²) in [5, 5.41) is 59.5.